The van der Waals surface area contributed by atoms with Crippen LogP contribution in [0.2, 0.25) is 10.0 Å². The van der Waals surface area contributed by atoms with Crippen LogP contribution in [0.4, 0.5) is 0 Å². The van der Waals surface area contributed by atoms with Gasteiger partial charge in [0.25, 0.3) is 0 Å². The quantitative estimate of drug-likeness (QED) is 0.277. The van der Waals surface area contributed by atoms with E-state index < -0.39 is 5.97 Å². The molecule has 0 saturated heterocycles. The highest BCUT2D eigenvalue weighted by molar-refractivity contribution is 6.42. The van der Waals surface area contributed by atoms with Crippen molar-refractivity contribution in [3.05, 3.63) is 63.6 Å². The number of phenols is 2. The molecule has 3 aromatic carbocycles. The maximum Gasteiger partial charge on any atom is 0.307 e. The predicted octanol–water partition coefficient (Wildman–Crippen LogP) is 5.98. The van der Waals surface area contributed by atoms with Crippen LogP contribution in [0, 0.1) is 0 Å². The number of benzene rings is 3. The molecule has 0 saturated carbocycles. The van der Waals surface area contributed by atoms with Crippen LogP contribution in [0.1, 0.15) is 30.4 Å². The standard InChI is InChI=1S/C23H22Cl2O5/c24-19-13-20(26)23(29)18(22(19)25)4-2-1-3-9-30-17-8-7-15-10-14(11-21(27)28)5-6-16(15)12-17/h5-8,10,12-13,26,29H,1-4,9,11H2,(H,27,28). The van der Waals surface area contributed by atoms with E-state index in [1.165, 1.54) is 6.07 Å². The van der Waals surface area contributed by atoms with E-state index in [4.69, 9.17) is 33.0 Å². The Kier molecular flexibility index (Phi) is 7.29. The lowest BCUT2D eigenvalue weighted by Gasteiger charge is -2.11. The molecule has 0 unspecified atom stereocenters. The smallest absolute Gasteiger partial charge is 0.307 e. The molecule has 0 amide bonds. The maximum absolute atomic E-state index is 10.8. The Morgan fingerprint density at radius 3 is 2.43 bits per heavy atom. The summed E-state index contributed by atoms with van der Waals surface area (Å²) >= 11 is 12.1. The molecule has 7 heteroatoms. The van der Waals surface area contributed by atoms with E-state index in [0.717, 1.165) is 41.3 Å². The van der Waals surface area contributed by atoms with Gasteiger partial charge in [-0.15, -0.1) is 0 Å². The normalized spacial score (nSPS) is 11.0. The van der Waals surface area contributed by atoms with Crippen molar-refractivity contribution >= 4 is 39.9 Å². The number of halogens is 2. The predicted molar refractivity (Wildman–Crippen MR) is 118 cm³/mol. The van der Waals surface area contributed by atoms with Gasteiger partial charge < -0.3 is 20.1 Å². The number of fused-ring (bicyclic) bond motifs is 1. The molecular formula is C23H22Cl2O5. The Balaban J connectivity index is 1.48. The molecule has 5 nitrogen and oxygen atoms in total. The summed E-state index contributed by atoms with van der Waals surface area (Å²) in [4.78, 5) is 10.8. The molecule has 30 heavy (non-hydrogen) atoms. The summed E-state index contributed by atoms with van der Waals surface area (Å²) in [6.45, 7) is 0.545. The zero-order chi connectivity index (χ0) is 21.7. The maximum atomic E-state index is 10.8. The third kappa shape index (κ3) is 5.49. The van der Waals surface area contributed by atoms with Crippen LogP contribution in [0.5, 0.6) is 17.2 Å². The highest BCUT2D eigenvalue weighted by Crippen LogP contribution is 2.40. The summed E-state index contributed by atoms with van der Waals surface area (Å²) < 4.78 is 5.82. The van der Waals surface area contributed by atoms with E-state index in [1.807, 2.05) is 36.4 Å². The summed E-state index contributed by atoms with van der Waals surface area (Å²) in [6, 6.07) is 12.6. The van der Waals surface area contributed by atoms with E-state index in [9.17, 15) is 15.0 Å². The van der Waals surface area contributed by atoms with Gasteiger partial charge >= 0.3 is 5.97 Å². The lowest BCUT2D eigenvalue weighted by molar-refractivity contribution is -0.136. The average Bonchev–Trinajstić information content (AvgIpc) is 2.70. The van der Waals surface area contributed by atoms with Crippen LogP contribution in [0.15, 0.2) is 42.5 Å². The van der Waals surface area contributed by atoms with Gasteiger partial charge in [0.1, 0.15) is 5.75 Å². The Morgan fingerprint density at radius 1 is 0.933 bits per heavy atom. The van der Waals surface area contributed by atoms with E-state index >= 15 is 0 Å². The van der Waals surface area contributed by atoms with Gasteiger partial charge in [0, 0.05) is 11.6 Å². The number of phenolic OH excluding ortho intramolecular Hbond substituents is 2. The van der Waals surface area contributed by atoms with Crippen LogP contribution in [0.3, 0.4) is 0 Å². The lowest BCUT2D eigenvalue weighted by Crippen LogP contribution is -2.00. The Bertz CT molecular complexity index is 1040. The molecule has 0 aliphatic heterocycles. The number of aromatic hydroxyl groups is 2. The first kappa shape index (κ1) is 22.1. The summed E-state index contributed by atoms with van der Waals surface area (Å²) in [5.41, 5.74) is 1.22. The molecule has 3 N–H and O–H groups in total. The van der Waals surface area contributed by atoms with Gasteiger partial charge in [-0.2, -0.15) is 0 Å². The van der Waals surface area contributed by atoms with Gasteiger partial charge in [0.2, 0.25) is 0 Å². The minimum atomic E-state index is -0.848. The third-order valence-electron chi connectivity index (χ3n) is 4.84. The number of hydrogen-bond acceptors (Lipinski definition) is 4. The van der Waals surface area contributed by atoms with Gasteiger partial charge in [-0.25, -0.2) is 0 Å². The van der Waals surface area contributed by atoms with Gasteiger partial charge in [-0.05, 0) is 54.2 Å². The van der Waals surface area contributed by atoms with Crippen LogP contribution in [-0.4, -0.2) is 27.9 Å². The average molecular weight is 449 g/mol. The van der Waals surface area contributed by atoms with Crippen LogP contribution >= 0.6 is 23.2 Å². The molecular weight excluding hydrogens is 427 g/mol. The van der Waals surface area contributed by atoms with Crippen molar-refractivity contribution in [2.75, 3.05) is 6.61 Å². The van der Waals surface area contributed by atoms with Gasteiger partial charge in [-0.1, -0.05) is 47.5 Å². The second kappa shape index (κ2) is 9.92. The highest BCUT2D eigenvalue weighted by atomic mass is 35.5. The SMILES string of the molecule is O=C(O)Cc1ccc2cc(OCCCCCc3c(O)c(O)cc(Cl)c3Cl)ccc2c1. The zero-order valence-electron chi connectivity index (χ0n) is 16.2. The molecule has 0 spiro atoms. The van der Waals surface area contributed by atoms with E-state index in [2.05, 4.69) is 0 Å². The van der Waals surface area contributed by atoms with E-state index in [1.54, 1.807) is 0 Å². The first-order chi connectivity index (χ1) is 14.3. The fourth-order valence-electron chi connectivity index (χ4n) is 3.30. The number of rotatable bonds is 9. The minimum Gasteiger partial charge on any atom is -0.504 e. The molecule has 0 aromatic heterocycles. The first-order valence-corrected chi connectivity index (χ1v) is 10.4. The fraction of sp³-hybridized carbons (Fsp3) is 0.261. The first-order valence-electron chi connectivity index (χ1n) is 9.61. The van der Waals surface area contributed by atoms with Crippen molar-refractivity contribution in [3.63, 3.8) is 0 Å². The molecule has 3 aromatic rings. The van der Waals surface area contributed by atoms with Crippen molar-refractivity contribution < 1.29 is 24.9 Å². The topological polar surface area (TPSA) is 87.0 Å². The molecule has 0 heterocycles. The second-order valence-corrected chi connectivity index (χ2v) is 7.88. The second-order valence-electron chi connectivity index (χ2n) is 7.09. The number of hydrogen-bond donors (Lipinski definition) is 3. The van der Waals surface area contributed by atoms with E-state index in [0.29, 0.717) is 18.6 Å². The Morgan fingerprint density at radius 2 is 1.67 bits per heavy atom. The van der Waals surface area contributed by atoms with E-state index in [-0.39, 0.29) is 28.0 Å². The molecule has 0 bridgehead atoms. The molecule has 0 radical (unpaired) electrons. The van der Waals surface area contributed by atoms with Gasteiger partial charge in [0.05, 0.1) is 23.1 Å². The zero-order valence-corrected chi connectivity index (χ0v) is 17.7. The fourth-order valence-corrected chi connectivity index (χ4v) is 3.76. The molecule has 3 rings (SSSR count). The van der Waals surface area contributed by atoms with Crippen molar-refractivity contribution in [1.82, 2.24) is 0 Å². The summed E-state index contributed by atoms with van der Waals surface area (Å²) in [5, 5.41) is 31.0. The molecule has 0 atom stereocenters. The van der Waals surface area contributed by atoms with Gasteiger partial charge in [0.15, 0.2) is 11.5 Å². The number of carboxylic acid groups (broad SMARTS) is 1. The third-order valence-corrected chi connectivity index (χ3v) is 5.66. The van der Waals surface area contributed by atoms with Crippen molar-refractivity contribution in [1.29, 1.82) is 0 Å². The number of aliphatic carboxylic acids is 1. The molecule has 0 aliphatic carbocycles. The molecule has 0 fully saturated rings. The number of carboxylic acids is 1. The monoisotopic (exact) mass is 448 g/mol. The van der Waals surface area contributed by atoms with Gasteiger partial charge in [-0.3, -0.25) is 4.79 Å². The van der Waals surface area contributed by atoms with Crippen LogP contribution in [-0.2, 0) is 17.6 Å². The van der Waals surface area contributed by atoms with Crippen molar-refractivity contribution in [2.45, 2.75) is 32.1 Å². The summed E-state index contributed by atoms with van der Waals surface area (Å²) in [7, 11) is 0. The Hall–Kier alpha value is -2.63. The Labute approximate surface area is 184 Å². The minimum absolute atomic E-state index is 0.00593. The lowest BCUT2D eigenvalue weighted by atomic mass is 10.0. The van der Waals surface area contributed by atoms with Crippen molar-refractivity contribution in [3.8, 4) is 17.2 Å². The number of ether oxygens (including phenoxy) is 1. The molecule has 0 aliphatic rings. The largest absolute Gasteiger partial charge is 0.504 e. The van der Waals surface area contributed by atoms with Crippen LogP contribution in [0.25, 0.3) is 10.8 Å². The number of unbranched alkanes of at least 4 members (excludes halogenated alkanes) is 2. The van der Waals surface area contributed by atoms with Crippen LogP contribution < -0.4 is 4.74 Å². The van der Waals surface area contributed by atoms with Crippen molar-refractivity contribution in [2.24, 2.45) is 0 Å². The highest BCUT2D eigenvalue weighted by Gasteiger charge is 2.14. The summed E-state index contributed by atoms with van der Waals surface area (Å²) in [6.07, 6.45) is 2.95. The molecule has 158 valence electrons. The number of carbonyl (C=O) groups is 1. The summed E-state index contributed by atoms with van der Waals surface area (Å²) in [5.74, 6) is -0.578.